The first kappa shape index (κ1) is 13.0. The molecule has 2 aliphatic heterocycles. The van der Waals surface area contributed by atoms with Crippen molar-refractivity contribution in [2.24, 2.45) is 0 Å². The summed E-state index contributed by atoms with van der Waals surface area (Å²) in [5.41, 5.74) is 1.48. The van der Waals surface area contributed by atoms with Crippen LogP contribution in [0.4, 0.5) is 11.4 Å². The van der Waals surface area contributed by atoms with Gasteiger partial charge in [-0.1, -0.05) is 35.4 Å². The summed E-state index contributed by atoms with van der Waals surface area (Å²) in [5.74, 6) is 0. The molecule has 0 spiro atoms. The average Bonchev–Trinajstić information content (AvgIpc) is 2.71. The number of piperazine rings is 1. The number of fused-ring (bicyclic) bond motifs is 2. The van der Waals surface area contributed by atoms with Crippen molar-refractivity contribution < 1.29 is 5.48 Å². The summed E-state index contributed by atoms with van der Waals surface area (Å²) in [6.07, 6.45) is 0.905. The molecule has 2 aromatic carbocycles. The maximum atomic E-state index is 8.50. The number of likely N-dealkylation sites (N-methyl/N-ethyl adjacent to an activating group) is 1. The van der Waals surface area contributed by atoms with Crippen molar-refractivity contribution in [3.63, 3.8) is 0 Å². The molecule has 0 aliphatic carbocycles. The smallest absolute Gasteiger partial charge is 0.0645 e. The average molecular weight is 378 g/mol. The van der Waals surface area contributed by atoms with Gasteiger partial charge >= 0.3 is 0 Å². The van der Waals surface area contributed by atoms with Crippen LogP contribution in [0.15, 0.2) is 52.2 Å². The molecule has 2 aromatic rings. The highest BCUT2D eigenvalue weighted by atomic mass is 35.5. The molecule has 0 atom stereocenters. The lowest BCUT2D eigenvalue weighted by atomic mass is 10.2. The summed E-state index contributed by atoms with van der Waals surface area (Å²) in [6, 6.07) is 5.31. The van der Waals surface area contributed by atoms with E-state index in [9.17, 15) is 0 Å². The van der Waals surface area contributed by atoms with Gasteiger partial charge in [0.2, 0.25) is 0 Å². The van der Waals surface area contributed by atoms with E-state index in [0.717, 1.165) is 49.7 Å². The van der Waals surface area contributed by atoms with Gasteiger partial charge in [0.15, 0.2) is 0 Å². The SMILES string of the molecule is [2H]c1c([2H])c([2H])c2c(c1[2H])Sc1ccc(Cl)cc1N2CCCN1CCN(C)CC1. The third-order valence-electron chi connectivity index (χ3n) is 4.78. The Morgan fingerprint density at radius 2 is 1.84 bits per heavy atom. The highest BCUT2D eigenvalue weighted by molar-refractivity contribution is 7.99. The number of rotatable bonds is 4. The Balaban J connectivity index is 1.64. The van der Waals surface area contributed by atoms with E-state index < -0.39 is 0 Å². The maximum Gasteiger partial charge on any atom is 0.0645 e. The highest BCUT2D eigenvalue weighted by Crippen LogP contribution is 2.48. The Morgan fingerprint density at radius 3 is 2.68 bits per heavy atom. The molecular formula is C20H24ClN3S. The van der Waals surface area contributed by atoms with Crippen LogP contribution < -0.4 is 4.90 Å². The van der Waals surface area contributed by atoms with Crippen molar-refractivity contribution >= 4 is 34.7 Å². The van der Waals surface area contributed by atoms with Crippen molar-refractivity contribution in [3.8, 4) is 0 Å². The largest absolute Gasteiger partial charge is 0.340 e. The van der Waals surface area contributed by atoms with E-state index >= 15 is 0 Å². The van der Waals surface area contributed by atoms with Crippen LogP contribution in [-0.2, 0) is 0 Å². The van der Waals surface area contributed by atoms with Crippen molar-refractivity contribution in [1.29, 1.82) is 0 Å². The van der Waals surface area contributed by atoms with Crippen molar-refractivity contribution in [2.75, 3.05) is 51.2 Å². The second kappa shape index (κ2) is 7.58. The van der Waals surface area contributed by atoms with Gasteiger partial charge in [-0.3, -0.25) is 0 Å². The summed E-state index contributed by atoms with van der Waals surface area (Å²) >= 11 is 7.66. The fourth-order valence-corrected chi connectivity index (χ4v) is 4.49. The summed E-state index contributed by atoms with van der Waals surface area (Å²) < 4.78 is 33.0. The molecule has 2 heterocycles. The first-order valence-electron chi connectivity index (χ1n) is 10.6. The Hall–Kier alpha value is -1.20. The van der Waals surface area contributed by atoms with Crippen LogP contribution in [0.2, 0.25) is 5.02 Å². The van der Waals surface area contributed by atoms with E-state index in [0.29, 0.717) is 22.2 Å². The van der Waals surface area contributed by atoms with Gasteiger partial charge in [-0.2, -0.15) is 0 Å². The minimum Gasteiger partial charge on any atom is -0.340 e. The summed E-state index contributed by atoms with van der Waals surface area (Å²) in [6.45, 7) is 5.92. The van der Waals surface area contributed by atoms with Gasteiger partial charge in [0, 0.05) is 47.5 Å². The standard InChI is InChI=1S/C20H24ClN3S/c1-22-11-13-23(14-12-22)9-4-10-24-17-5-2-3-6-19(17)25-20-8-7-16(21)15-18(20)24/h2-3,5-8,15H,4,9-14H2,1H3/i2D,3D,5D,6D. The molecule has 5 heteroatoms. The lowest BCUT2D eigenvalue weighted by Gasteiger charge is -2.35. The molecule has 25 heavy (non-hydrogen) atoms. The molecule has 0 aromatic heterocycles. The van der Waals surface area contributed by atoms with Gasteiger partial charge in [0.05, 0.1) is 16.9 Å². The number of nitrogens with zero attached hydrogens (tertiary/aromatic N) is 3. The molecular weight excluding hydrogens is 350 g/mol. The van der Waals surface area contributed by atoms with Gasteiger partial charge in [-0.15, -0.1) is 0 Å². The van der Waals surface area contributed by atoms with E-state index in [2.05, 4.69) is 16.8 Å². The molecule has 4 rings (SSSR count). The van der Waals surface area contributed by atoms with Crippen molar-refractivity contribution in [2.45, 2.75) is 16.2 Å². The van der Waals surface area contributed by atoms with Gasteiger partial charge in [-0.25, -0.2) is 0 Å². The van der Waals surface area contributed by atoms with E-state index in [1.165, 1.54) is 11.8 Å². The number of benzene rings is 2. The van der Waals surface area contributed by atoms with Crippen LogP contribution in [0, 0.1) is 0 Å². The van der Waals surface area contributed by atoms with Gasteiger partial charge in [0.1, 0.15) is 0 Å². The monoisotopic (exact) mass is 377 g/mol. The van der Waals surface area contributed by atoms with Crippen molar-refractivity contribution in [1.82, 2.24) is 9.80 Å². The second-order valence-corrected chi connectivity index (χ2v) is 8.03. The summed E-state index contributed by atoms with van der Waals surface area (Å²) in [5, 5.41) is 0.623. The highest BCUT2D eigenvalue weighted by Gasteiger charge is 2.23. The van der Waals surface area contributed by atoms with E-state index in [1.807, 2.05) is 23.1 Å². The van der Waals surface area contributed by atoms with Crippen LogP contribution in [0.3, 0.4) is 0 Å². The predicted octanol–water partition coefficient (Wildman–Crippen LogP) is 4.58. The lowest BCUT2D eigenvalue weighted by Crippen LogP contribution is -2.45. The Morgan fingerprint density at radius 1 is 1.04 bits per heavy atom. The number of para-hydroxylation sites is 1. The second-order valence-electron chi connectivity index (χ2n) is 6.54. The number of hydrogen-bond acceptors (Lipinski definition) is 4. The lowest BCUT2D eigenvalue weighted by molar-refractivity contribution is 0.153. The summed E-state index contributed by atoms with van der Waals surface area (Å²) in [7, 11) is 2.15. The van der Waals surface area contributed by atoms with E-state index in [4.69, 9.17) is 17.1 Å². The molecule has 1 fully saturated rings. The van der Waals surface area contributed by atoms with Crippen LogP contribution in [-0.4, -0.2) is 56.1 Å². The fraction of sp³-hybridized carbons (Fsp3) is 0.400. The normalized spacial score (nSPS) is 20.3. The van der Waals surface area contributed by atoms with Crippen LogP contribution in [0.1, 0.15) is 11.9 Å². The van der Waals surface area contributed by atoms with Crippen molar-refractivity contribution in [3.05, 3.63) is 47.4 Å². The number of halogens is 1. The molecule has 0 unspecified atom stereocenters. The molecule has 3 nitrogen and oxygen atoms in total. The molecule has 0 radical (unpaired) electrons. The first-order valence-corrected chi connectivity index (χ1v) is 9.82. The number of hydrogen-bond donors (Lipinski definition) is 0. The Labute approximate surface area is 165 Å². The molecule has 1 saturated heterocycles. The fourth-order valence-electron chi connectivity index (χ4n) is 3.33. The third kappa shape index (κ3) is 3.82. The maximum absolute atomic E-state index is 8.50. The minimum atomic E-state index is -0.191. The molecule has 2 aliphatic rings. The van der Waals surface area contributed by atoms with E-state index in [1.54, 1.807) is 0 Å². The van der Waals surface area contributed by atoms with Crippen LogP contribution >= 0.6 is 23.4 Å². The van der Waals surface area contributed by atoms with E-state index in [-0.39, 0.29) is 24.2 Å². The quantitative estimate of drug-likeness (QED) is 0.771. The Kier molecular flexibility index (Phi) is 3.96. The zero-order chi connectivity index (χ0) is 20.7. The van der Waals surface area contributed by atoms with Crippen LogP contribution in [0.25, 0.3) is 0 Å². The zero-order valence-electron chi connectivity index (χ0n) is 18.3. The topological polar surface area (TPSA) is 9.72 Å². The van der Waals surface area contributed by atoms with Crippen LogP contribution in [0.5, 0.6) is 0 Å². The molecule has 0 amide bonds. The third-order valence-corrected chi connectivity index (χ3v) is 6.08. The van der Waals surface area contributed by atoms with Gasteiger partial charge in [0.25, 0.3) is 0 Å². The molecule has 0 saturated carbocycles. The summed E-state index contributed by atoms with van der Waals surface area (Å²) in [4.78, 5) is 8.38. The number of anilines is 2. The predicted molar refractivity (Wildman–Crippen MR) is 108 cm³/mol. The molecule has 132 valence electrons. The zero-order valence-corrected chi connectivity index (χ0v) is 15.9. The molecule has 0 bridgehead atoms. The molecule has 0 N–H and O–H groups in total. The minimum absolute atomic E-state index is 0.0127. The van der Waals surface area contributed by atoms with Gasteiger partial charge < -0.3 is 14.7 Å². The first-order chi connectivity index (χ1) is 13.9. The van der Waals surface area contributed by atoms with Gasteiger partial charge in [-0.05, 0) is 50.3 Å². The Bertz CT molecular complexity index is 935.